The van der Waals surface area contributed by atoms with Gasteiger partial charge >= 0.3 is 0 Å². The van der Waals surface area contributed by atoms with Crippen molar-refractivity contribution in [3.8, 4) is 11.6 Å². The summed E-state index contributed by atoms with van der Waals surface area (Å²) in [6.45, 7) is 4.47. The third-order valence-corrected chi connectivity index (χ3v) is 4.77. The summed E-state index contributed by atoms with van der Waals surface area (Å²) in [6.07, 6.45) is 1.03. The highest BCUT2D eigenvalue weighted by Gasteiger charge is 2.18. The Bertz CT molecular complexity index is 829. The number of halogens is 1. The first-order valence-corrected chi connectivity index (χ1v) is 8.91. The van der Waals surface area contributed by atoms with Gasteiger partial charge in [-0.25, -0.2) is 4.68 Å². The molecule has 1 aromatic heterocycles. The smallest absolute Gasteiger partial charge is 0.216 e. The molecule has 0 aliphatic carbocycles. The van der Waals surface area contributed by atoms with Gasteiger partial charge < -0.3 is 4.74 Å². The fraction of sp³-hybridized carbons (Fsp3) is 0.286. The fourth-order valence-electron chi connectivity index (χ4n) is 3.13. The van der Waals surface area contributed by atoms with E-state index in [9.17, 15) is 0 Å². The molecule has 25 heavy (non-hydrogen) atoms. The molecule has 0 fully saturated rings. The number of benzene rings is 2. The quantitative estimate of drug-likeness (QED) is 0.556. The largest absolute Gasteiger partial charge is 0.481 e. The minimum Gasteiger partial charge on any atom is -0.481 e. The summed E-state index contributed by atoms with van der Waals surface area (Å²) >= 11 is 6.11. The lowest BCUT2D eigenvalue weighted by atomic mass is 9.90. The number of hydrogen-bond donors (Lipinski definition) is 0. The Morgan fingerprint density at radius 2 is 1.76 bits per heavy atom. The van der Waals surface area contributed by atoms with E-state index in [4.69, 9.17) is 21.4 Å². The van der Waals surface area contributed by atoms with E-state index in [1.165, 1.54) is 5.56 Å². The Kier molecular flexibility index (Phi) is 5.44. The SMILES string of the molecule is COc1cc(C(C)C[C@H](C)c2ccccc2)nn1-c1cccc(Cl)c1. The Balaban J connectivity index is 1.83. The lowest BCUT2D eigenvalue weighted by molar-refractivity contribution is 0.383. The number of aromatic nitrogens is 2. The van der Waals surface area contributed by atoms with Crippen molar-refractivity contribution >= 4 is 11.6 Å². The maximum Gasteiger partial charge on any atom is 0.216 e. The minimum atomic E-state index is 0.324. The van der Waals surface area contributed by atoms with E-state index in [-0.39, 0.29) is 0 Å². The van der Waals surface area contributed by atoms with Gasteiger partial charge in [0, 0.05) is 17.0 Å². The molecule has 0 spiro atoms. The molecule has 3 nitrogen and oxygen atoms in total. The molecule has 1 unspecified atom stereocenters. The second-order valence-corrected chi connectivity index (χ2v) is 6.89. The third kappa shape index (κ3) is 4.05. The summed E-state index contributed by atoms with van der Waals surface area (Å²) in [4.78, 5) is 0. The topological polar surface area (TPSA) is 27.1 Å². The Labute approximate surface area is 154 Å². The highest BCUT2D eigenvalue weighted by Crippen LogP contribution is 2.31. The molecule has 0 N–H and O–H groups in total. The summed E-state index contributed by atoms with van der Waals surface area (Å²) in [6, 6.07) is 20.2. The van der Waals surface area contributed by atoms with Crippen LogP contribution >= 0.6 is 11.6 Å². The van der Waals surface area contributed by atoms with Crippen molar-refractivity contribution in [2.75, 3.05) is 7.11 Å². The average Bonchev–Trinajstić information content (AvgIpc) is 3.07. The second kappa shape index (κ2) is 7.75. The number of ether oxygens (including phenoxy) is 1. The predicted molar refractivity (Wildman–Crippen MR) is 103 cm³/mol. The van der Waals surface area contributed by atoms with E-state index < -0.39 is 0 Å². The minimum absolute atomic E-state index is 0.324. The van der Waals surface area contributed by atoms with Crippen LogP contribution in [-0.2, 0) is 0 Å². The van der Waals surface area contributed by atoms with E-state index in [0.717, 1.165) is 23.7 Å². The molecule has 0 amide bonds. The first kappa shape index (κ1) is 17.6. The van der Waals surface area contributed by atoms with Gasteiger partial charge in [0.05, 0.1) is 18.5 Å². The van der Waals surface area contributed by atoms with Crippen molar-refractivity contribution in [2.24, 2.45) is 0 Å². The van der Waals surface area contributed by atoms with Crippen LogP contribution in [0.15, 0.2) is 60.7 Å². The number of rotatable bonds is 6. The van der Waals surface area contributed by atoms with Crippen molar-refractivity contribution in [1.82, 2.24) is 9.78 Å². The van der Waals surface area contributed by atoms with E-state index in [1.54, 1.807) is 7.11 Å². The molecule has 1 heterocycles. The van der Waals surface area contributed by atoms with Crippen LogP contribution in [0.1, 0.15) is 43.4 Å². The predicted octanol–water partition coefficient (Wildman–Crippen LogP) is 5.83. The molecule has 0 saturated carbocycles. The van der Waals surface area contributed by atoms with Crippen LogP contribution in [0.4, 0.5) is 0 Å². The molecule has 2 atom stereocenters. The summed E-state index contributed by atoms with van der Waals surface area (Å²) in [5.74, 6) is 1.51. The van der Waals surface area contributed by atoms with Crippen molar-refractivity contribution in [2.45, 2.75) is 32.1 Å². The van der Waals surface area contributed by atoms with Gasteiger partial charge in [-0.1, -0.05) is 61.8 Å². The Morgan fingerprint density at radius 3 is 2.44 bits per heavy atom. The molecule has 130 valence electrons. The van der Waals surface area contributed by atoms with Crippen LogP contribution in [0.3, 0.4) is 0 Å². The van der Waals surface area contributed by atoms with Gasteiger partial charge in [0.15, 0.2) is 0 Å². The van der Waals surface area contributed by atoms with E-state index in [0.29, 0.717) is 16.9 Å². The van der Waals surface area contributed by atoms with Gasteiger partial charge in [-0.15, -0.1) is 0 Å². The number of methoxy groups -OCH3 is 1. The van der Waals surface area contributed by atoms with Crippen molar-refractivity contribution in [3.63, 3.8) is 0 Å². The van der Waals surface area contributed by atoms with Crippen LogP contribution < -0.4 is 4.74 Å². The molecule has 4 heteroatoms. The summed E-state index contributed by atoms with van der Waals surface area (Å²) < 4.78 is 7.33. The zero-order chi connectivity index (χ0) is 17.8. The van der Waals surface area contributed by atoms with E-state index >= 15 is 0 Å². The van der Waals surface area contributed by atoms with Crippen molar-refractivity contribution in [1.29, 1.82) is 0 Å². The number of nitrogens with zero attached hydrogens (tertiary/aromatic N) is 2. The van der Waals surface area contributed by atoms with Crippen molar-refractivity contribution < 1.29 is 4.74 Å². The van der Waals surface area contributed by atoms with Crippen molar-refractivity contribution in [3.05, 3.63) is 76.9 Å². The first-order valence-electron chi connectivity index (χ1n) is 8.53. The standard InChI is InChI=1S/C21H23ClN2O/c1-15(17-8-5-4-6-9-17)12-16(2)20-14-21(25-3)24(23-20)19-11-7-10-18(22)13-19/h4-11,13-16H,12H2,1-3H3/t15-,16?/m0/s1. The molecule has 0 saturated heterocycles. The highest BCUT2D eigenvalue weighted by molar-refractivity contribution is 6.30. The lowest BCUT2D eigenvalue weighted by Gasteiger charge is -2.16. The van der Waals surface area contributed by atoms with Gasteiger partial charge in [0.2, 0.25) is 5.88 Å². The zero-order valence-corrected chi connectivity index (χ0v) is 15.6. The molecule has 3 rings (SSSR count). The monoisotopic (exact) mass is 354 g/mol. The summed E-state index contributed by atoms with van der Waals surface area (Å²) in [7, 11) is 1.67. The second-order valence-electron chi connectivity index (χ2n) is 6.45. The molecule has 3 aromatic rings. The fourth-order valence-corrected chi connectivity index (χ4v) is 3.31. The van der Waals surface area contributed by atoms with Crippen LogP contribution in [0, 0.1) is 0 Å². The molecule has 2 aromatic carbocycles. The third-order valence-electron chi connectivity index (χ3n) is 4.54. The van der Waals surface area contributed by atoms with Crippen LogP contribution in [-0.4, -0.2) is 16.9 Å². The van der Waals surface area contributed by atoms with Gasteiger partial charge in [-0.05, 0) is 36.1 Å². The van der Waals surface area contributed by atoms with Crippen LogP contribution in [0.5, 0.6) is 5.88 Å². The average molecular weight is 355 g/mol. The number of hydrogen-bond acceptors (Lipinski definition) is 2. The van der Waals surface area contributed by atoms with Gasteiger partial charge in [0.1, 0.15) is 0 Å². The maximum atomic E-state index is 6.11. The van der Waals surface area contributed by atoms with Crippen LogP contribution in [0.2, 0.25) is 5.02 Å². The van der Waals surface area contributed by atoms with Gasteiger partial charge in [0.25, 0.3) is 0 Å². The van der Waals surface area contributed by atoms with Gasteiger partial charge in [-0.2, -0.15) is 5.10 Å². The molecule has 0 aliphatic heterocycles. The van der Waals surface area contributed by atoms with Gasteiger partial charge in [-0.3, -0.25) is 0 Å². The molecule has 0 bridgehead atoms. The molecule has 0 aliphatic rings. The zero-order valence-electron chi connectivity index (χ0n) is 14.8. The Hall–Kier alpha value is -2.26. The maximum absolute atomic E-state index is 6.11. The molecular formula is C21H23ClN2O. The van der Waals surface area contributed by atoms with E-state index in [1.807, 2.05) is 35.0 Å². The molecule has 0 radical (unpaired) electrons. The summed E-state index contributed by atoms with van der Waals surface area (Å²) in [5, 5.41) is 5.45. The molecular weight excluding hydrogens is 332 g/mol. The van der Waals surface area contributed by atoms with Crippen LogP contribution in [0.25, 0.3) is 5.69 Å². The normalized spacial score (nSPS) is 13.4. The first-order chi connectivity index (χ1) is 12.1. The lowest BCUT2D eigenvalue weighted by Crippen LogP contribution is -2.04. The summed E-state index contributed by atoms with van der Waals surface area (Å²) in [5.41, 5.74) is 3.29. The Morgan fingerprint density at radius 1 is 1.00 bits per heavy atom. The van der Waals surface area contributed by atoms with E-state index in [2.05, 4.69) is 44.2 Å². The highest BCUT2D eigenvalue weighted by atomic mass is 35.5.